The van der Waals surface area contributed by atoms with Gasteiger partial charge in [0.05, 0.1) is 16.9 Å². The molecule has 1 unspecified atom stereocenters. The Labute approximate surface area is 94.9 Å². The van der Waals surface area contributed by atoms with Gasteiger partial charge in [-0.3, -0.25) is 4.79 Å². The van der Waals surface area contributed by atoms with E-state index in [-0.39, 0.29) is 23.5 Å². The first-order valence-corrected chi connectivity index (χ1v) is 7.39. The molecule has 0 bridgehead atoms. The van der Waals surface area contributed by atoms with Gasteiger partial charge in [-0.15, -0.1) is 0 Å². The van der Waals surface area contributed by atoms with E-state index in [1.165, 1.54) is 0 Å². The largest absolute Gasteiger partial charge is 0.481 e. The van der Waals surface area contributed by atoms with Gasteiger partial charge in [0.25, 0.3) is 0 Å². The molecule has 1 saturated heterocycles. The lowest BCUT2D eigenvalue weighted by molar-refractivity contribution is -0.144. The van der Waals surface area contributed by atoms with Crippen LogP contribution in [0.25, 0.3) is 0 Å². The van der Waals surface area contributed by atoms with Crippen LogP contribution in [0.15, 0.2) is 0 Å². The Morgan fingerprint density at radius 2 is 1.81 bits per heavy atom. The third kappa shape index (κ3) is 1.96. The molecule has 0 spiro atoms. The summed E-state index contributed by atoms with van der Waals surface area (Å²) in [5.41, 5.74) is 5.24. The van der Waals surface area contributed by atoms with Crippen molar-refractivity contribution in [3.8, 4) is 0 Å². The van der Waals surface area contributed by atoms with Crippen LogP contribution in [0.4, 0.5) is 0 Å². The van der Waals surface area contributed by atoms with Crippen molar-refractivity contribution in [2.24, 2.45) is 17.1 Å². The monoisotopic (exact) mass is 247 g/mol. The van der Waals surface area contributed by atoms with Gasteiger partial charge >= 0.3 is 5.97 Å². The number of nitrogens with two attached hydrogens (primary N) is 1. The second-order valence-corrected chi connectivity index (χ2v) is 7.28. The number of hydrogen-bond donors (Lipinski definition) is 2. The molecule has 5 nitrogen and oxygen atoms in total. The minimum absolute atomic E-state index is 0.0436. The van der Waals surface area contributed by atoms with Crippen LogP contribution in [0, 0.1) is 11.3 Å². The van der Waals surface area contributed by atoms with Crippen molar-refractivity contribution in [2.45, 2.75) is 31.7 Å². The van der Waals surface area contributed by atoms with Crippen LogP contribution < -0.4 is 5.73 Å². The van der Waals surface area contributed by atoms with Gasteiger partial charge in [0.15, 0.2) is 0 Å². The Morgan fingerprint density at radius 3 is 2.19 bits per heavy atom. The number of carboxylic acids is 1. The zero-order valence-corrected chi connectivity index (χ0v) is 9.87. The van der Waals surface area contributed by atoms with Gasteiger partial charge in [-0.05, 0) is 31.6 Å². The van der Waals surface area contributed by atoms with E-state index in [1.807, 2.05) is 0 Å². The predicted octanol–water partition coefficient (Wildman–Crippen LogP) is 0.00330. The zero-order chi connectivity index (χ0) is 12.0. The Kier molecular flexibility index (Phi) is 2.74. The van der Waals surface area contributed by atoms with E-state index in [1.54, 1.807) is 0 Å². The first-order chi connectivity index (χ1) is 7.37. The Balaban J connectivity index is 2.02. The number of carboxylic acid groups (broad SMARTS) is 1. The Bertz CT molecular complexity index is 385. The summed E-state index contributed by atoms with van der Waals surface area (Å²) >= 11 is 0. The third-order valence-electron chi connectivity index (χ3n) is 3.96. The average Bonchev–Trinajstić information content (AvgIpc) is 2.97. The van der Waals surface area contributed by atoms with Gasteiger partial charge in [0.2, 0.25) is 0 Å². The molecule has 2 aliphatic rings. The van der Waals surface area contributed by atoms with Crippen molar-refractivity contribution in [3.05, 3.63) is 0 Å². The maximum absolute atomic E-state index is 11.3. The zero-order valence-electron chi connectivity index (χ0n) is 9.05. The van der Waals surface area contributed by atoms with Crippen LogP contribution in [-0.4, -0.2) is 37.0 Å². The van der Waals surface area contributed by atoms with Crippen LogP contribution in [0.3, 0.4) is 0 Å². The Hall–Kier alpha value is -0.620. The standard InChI is InChI=1S/C10H17NO4S/c11-8(10(3-4-10)9(12)13)7-1-5-16(14,15)6-2-7/h7-8H,1-6,11H2,(H,12,13). The molecule has 16 heavy (non-hydrogen) atoms. The van der Waals surface area contributed by atoms with Gasteiger partial charge in [-0.25, -0.2) is 8.42 Å². The number of rotatable bonds is 3. The number of hydrogen-bond acceptors (Lipinski definition) is 4. The van der Waals surface area contributed by atoms with Crippen LogP contribution >= 0.6 is 0 Å². The molecule has 6 heteroatoms. The fourth-order valence-electron chi connectivity index (χ4n) is 2.54. The molecule has 0 aromatic carbocycles. The number of carbonyl (C=O) groups is 1. The van der Waals surface area contributed by atoms with Crippen molar-refractivity contribution in [3.63, 3.8) is 0 Å². The SMILES string of the molecule is NC(C1CCS(=O)(=O)CC1)C1(C(=O)O)CC1. The molecule has 3 N–H and O–H groups in total. The molecule has 2 rings (SSSR count). The Morgan fingerprint density at radius 1 is 1.31 bits per heavy atom. The molecule has 1 heterocycles. The van der Waals surface area contributed by atoms with E-state index in [4.69, 9.17) is 10.8 Å². The van der Waals surface area contributed by atoms with Gasteiger partial charge in [0.1, 0.15) is 9.84 Å². The van der Waals surface area contributed by atoms with E-state index in [9.17, 15) is 13.2 Å². The molecule has 2 fully saturated rings. The van der Waals surface area contributed by atoms with Crippen LogP contribution in [0.5, 0.6) is 0 Å². The summed E-state index contributed by atoms with van der Waals surface area (Å²) in [6.07, 6.45) is 2.29. The summed E-state index contributed by atoms with van der Waals surface area (Å²) in [4.78, 5) is 11.1. The minimum atomic E-state index is -2.90. The van der Waals surface area contributed by atoms with Gasteiger partial charge in [0, 0.05) is 6.04 Å². The lowest BCUT2D eigenvalue weighted by atomic mass is 9.83. The second kappa shape index (κ2) is 3.70. The van der Waals surface area contributed by atoms with Gasteiger partial charge in [-0.1, -0.05) is 0 Å². The summed E-state index contributed by atoms with van der Waals surface area (Å²) in [6.45, 7) is 0. The highest BCUT2D eigenvalue weighted by molar-refractivity contribution is 7.91. The number of aliphatic carboxylic acids is 1. The molecule has 0 amide bonds. The lowest BCUT2D eigenvalue weighted by Crippen LogP contribution is -2.45. The van der Waals surface area contributed by atoms with Crippen LogP contribution in [0.1, 0.15) is 25.7 Å². The first kappa shape index (κ1) is 11.9. The van der Waals surface area contributed by atoms with E-state index < -0.39 is 21.2 Å². The molecule has 0 aromatic rings. The third-order valence-corrected chi connectivity index (χ3v) is 5.68. The lowest BCUT2D eigenvalue weighted by Gasteiger charge is -2.31. The highest BCUT2D eigenvalue weighted by Crippen LogP contribution is 2.51. The van der Waals surface area contributed by atoms with Gasteiger partial charge < -0.3 is 10.8 Å². The van der Waals surface area contributed by atoms with E-state index in [0.717, 1.165) is 0 Å². The van der Waals surface area contributed by atoms with Crippen molar-refractivity contribution in [1.29, 1.82) is 0 Å². The molecule has 0 radical (unpaired) electrons. The molecule has 1 saturated carbocycles. The number of sulfone groups is 1. The topological polar surface area (TPSA) is 97.5 Å². The summed E-state index contributed by atoms with van der Waals surface area (Å²) in [7, 11) is -2.90. The van der Waals surface area contributed by atoms with Crippen molar-refractivity contribution < 1.29 is 18.3 Å². The normalized spacial score (nSPS) is 29.6. The van der Waals surface area contributed by atoms with Crippen LogP contribution in [-0.2, 0) is 14.6 Å². The molecular formula is C10H17NO4S. The maximum atomic E-state index is 11.3. The summed E-state index contributed by atoms with van der Waals surface area (Å²) in [6, 6.07) is -0.388. The van der Waals surface area contributed by atoms with Crippen molar-refractivity contribution >= 4 is 15.8 Å². The summed E-state index contributed by atoms with van der Waals surface area (Å²) < 4.78 is 22.5. The fourth-order valence-corrected chi connectivity index (χ4v) is 4.07. The van der Waals surface area contributed by atoms with E-state index in [0.29, 0.717) is 25.7 Å². The predicted molar refractivity (Wildman–Crippen MR) is 58.7 cm³/mol. The molecular weight excluding hydrogens is 230 g/mol. The van der Waals surface area contributed by atoms with Gasteiger partial charge in [-0.2, -0.15) is 0 Å². The molecule has 0 aromatic heterocycles. The molecule has 92 valence electrons. The average molecular weight is 247 g/mol. The van der Waals surface area contributed by atoms with E-state index >= 15 is 0 Å². The first-order valence-electron chi connectivity index (χ1n) is 5.57. The van der Waals surface area contributed by atoms with Crippen LogP contribution in [0.2, 0.25) is 0 Å². The molecule has 1 aliphatic carbocycles. The minimum Gasteiger partial charge on any atom is -0.481 e. The smallest absolute Gasteiger partial charge is 0.311 e. The van der Waals surface area contributed by atoms with Crippen molar-refractivity contribution in [2.75, 3.05) is 11.5 Å². The second-order valence-electron chi connectivity index (χ2n) is 4.98. The summed E-state index contributed by atoms with van der Waals surface area (Å²) in [5, 5.41) is 9.11. The highest BCUT2D eigenvalue weighted by atomic mass is 32.2. The molecule has 1 atom stereocenters. The molecule has 1 aliphatic heterocycles. The maximum Gasteiger partial charge on any atom is 0.311 e. The summed E-state index contributed by atoms with van der Waals surface area (Å²) in [5.74, 6) is -0.474. The van der Waals surface area contributed by atoms with E-state index in [2.05, 4.69) is 0 Å². The highest BCUT2D eigenvalue weighted by Gasteiger charge is 2.57. The fraction of sp³-hybridized carbons (Fsp3) is 0.900. The van der Waals surface area contributed by atoms with Crippen molar-refractivity contribution in [1.82, 2.24) is 0 Å². The quantitative estimate of drug-likeness (QED) is 0.731.